The summed E-state index contributed by atoms with van der Waals surface area (Å²) in [6, 6.07) is 3.90. The second-order valence-corrected chi connectivity index (χ2v) is 6.39. The van der Waals surface area contributed by atoms with E-state index in [1.54, 1.807) is 12.4 Å². The molecular formula is C18H24N4O. The van der Waals surface area contributed by atoms with E-state index >= 15 is 0 Å². The van der Waals surface area contributed by atoms with Crippen LogP contribution in [0.25, 0.3) is 11.4 Å². The molecular weight excluding hydrogens is 288 g/mol. The van der Waals surface area contributed by atoms with Gasteiger partial charge in [0.1, 0.15) is 5.82 Å². The molecule has 5 heteroatoms. The van der Waals surface area contributed by atoms with E-state index in [0.717, 1.165) is 54.6 Å². The molecule has 3 rings (SSSR count). The lowest BCUT2D eigenvalue weighted by Crippen LogP contribution is -2.50. The number of morpholine rings is 1. The van der Waals surface area contributed by atoms with Gasteiger partial charge in [-0.2, -0.15) is 0 Å². The first kappa shape index (κ1) is 15.9. The maximum Gasteiger partial charge on any atom is 0.161 e. The smallest absolute Gasteiger partial charge is 0.161 e. The average molecular weight is 312 g/mol. The van der Waals surface area contributed by atoms with Crippen LogP contribution in [-0.4, -0.2) is 40.2 Å². The highest BCUT2D eigenvalue weighted by Crippen LogP contribution is 2.29. The predicted octanol–water partition coefficient (Wildman–Crippen LogP) is 3.16. The molecule has 23 heavy (non-hydrogen) atoms. The van der Waals surface area contributed by atoms with Crippen LogP contribution >= 0.6 is 0 Å². The first-order chi connectivity index (χ1) is 11.0. The Morgan fingerprint density at radius 2 is 1.96 bits per heavy atom. The number of ether oxygens (including phenoxy) is 1. The van der Waals surface area contributed by atoms with Gasteiger partial charge in [0.2, 0.25) is 0 Å². The molecule has 0 aromatic carbocycles. The van der Waals surface area contributed by atoms with E-state index in [1.807, 2.05) is 19.1 Å². The third kappa shape index (κ3) is 3.20. The zero-order valence-corrected chi connectivity index (χ0v) is 14.3. The molecule has 0 N–H and O–H groups in total. The molecule has 0 spiro atoms. The lowest BCUT2D eigenvalue weighted by molar-refractivity contribution is -0.0443. The lowest BCUT2D eigenvalue weighted by atomic mass is 10.0. The van der Waals surface area contributed by atoms with Crippen LogP contribution in [0.2, 0.25) is 0 Å². The molecule has 5 nitrogen and oxygen atoms in total. The van der Waals surface area contributed by atoms with Crippen LogP contribution in [0.1, 0.15) is 31.5 Å². The molecule has 1 fully saturated rings. The first-order valence-electron chi connectivity index (χ1n) is 8.17. The van der Waals surface area contributed by atoms with Gasteiger partial charge in [-0.1, -0.05) is 6.92 Å². The molecule has 0 bridgehead atoms. The third-order valence-electron chi connectivity index (χ3n) is 4.69. The van der Waals surface area contributed by atoms with Crippen molar-refractivity contribution in [1.82, 2.24) is 15.0 Å². The zero-order valence-electron chi connectivity index (χ0n) is 14.3. The lowest BCUT2D eigenvalue weighted by Gasteiger charge is -2.41. The number of aromatic nitrogens is 3. The van der Waals surface area contributed by atoms with Gasteiger partial charge in [-0.3, -0.25) is 4.98 Å². The highest BCUT2D eigenvalue weighted by molar-refractivity contribution is 5.60. The largest absolute Gasteiger partial charge is 0.372 e. The van der Waals surface area contributed by atoms with Gasteiger partial charge in [-0.15, -0.1) is 0 Å². The number of hydrogen-bond donors (Lipinski definition) is 0. The second-order valence-electron chi connectivity index (χ2n) is 6.39. The molecule has 1 aliphatic heterocycles. The topological polar surface area (TPSA) is 51.1 Å². The van der Waals surface area contributed by atoms with E-state index in [9.17, 15) is 0 Å². The average Bonchev–Trinajstić information content (AvgIpc) is 2.58. The fourth-order valence-corrected chi connectivity index (χ4v) is 2.88. The highest BCUT2D eigenvalue weighted by Gasteiger charge is 2.32. The molecule has 3 heterocycles. The van der Waals surface area contributed by atoms with Gasteiger partial charge in [-0.05, 0) is 39.3 Å². The quantitative estimate of drug-likeness (QED) is 0.871. The molecule has 0 aliphatic carbocycles. The normalized spacial score (nSPS) is 21.5. The summed E-state index contributed by atoms with van der Waals surface area (Å²) in [5, 5.41) is 0. The molecule has 1 saturated heterocycles. The Morgan fingerprint density at radius 3 is 2.65 bits per heavy atom. The number of anilines is 1. The van der Waals surface area contributed by atoms with Gasteiger partial charge >= 0.3 is 0 Å². The summed E-state index contributed by atoms with van der Waals surface area (Å²) in [6.07, 6.45) is 4.54. The number of hydrogen-bond acceptors (Lipinski definition) is 5. The summed E-state index contributed by atoms with van der Waals surface area (Å²) < 4.78 is 5.96. The van der Waals surface area contributed by atoms with Gasteiger partial charge in [0.25, 0.3) is 0 Å². The molecule has 0 radical (unpaired) electrons. The fourth-order valence-electron chi connectivity index (χ4n) is 2.88. The van der Waals surface area contributed by atoms with Gasteiger partial charge in [0.15, 0.2) is 5.82 Å². The van der Waals surface area contributed by atoms with Crippen molar-refractivity contribution in [3.05, 3.63) is 35.8 Å². The van der Waals surface area contributed by atoms with Crippen molar-refractivity contribution in [2.24, 2.45) is 0 Å². The Labute approximate surface area is 137 Å². The second kappa shape index (κ2) is 6.24. The molecule has 0 saturated carbocycles. The van der Waals surface area contributed by atoms with Crippen LogP contribution in [0.15, 0.2) is 24.5 Å². The zero-order chi connectivity index (χ0) is 16.4. The van der Waals surface area contributed by atoms with Crippen molar-refractivity contribution >= 4 is 5.82 Å². The van der Waals surface area contributed by atoms with Crippen LogP contribution in [0.5, 0.6) is 0 Å². The Hall–Kier alpha value is -2.01. The van der Waals surface area contributed by atoms with Crippen LogP contribution in [-0.2, 0) is 4.74 Å². The van der Waals surface area contributed by atoms with E-state index in [2.05, 4.69) is 35.6 Å². The van der Waals surface area contributed by atoms with Crippen molar-refractivity contribution in [3.8, 4) is 11.4 Å². The Balaban J connectivity index is 2.00. The van der Waals surface area contributed by atoms with Crippen molar-refractivity contribution in [2.45, 2.75) is 39.7 Å². The number of nitrogens with zero attached hydrogens (tertiary/aromatic N) is 4. The van der Waals surface area contributed by atoms with Crippen molar-refractivity contribution in [2.75, 3.05) is 24.6 Å². The monoisotopic (exact) mass is 312 g/mol. The van der Waals surface area contributed by atoms with Crippen molar-refractivity contribution < 1.29 is 4.74 Å². The standard InChI is InChI=1S/C18H24N4O/c1-5-18(4)12-22(10-11-23-18)17-13(2)14(3)20-16(21-17)15-6-8-19-9-7-15/h6-9H,5,10-12H2,1-4H3. The van der Waals surface area contributed by atoms with Crippen LogP contribution in [0.3, 0.4) is 0 Å². The van der Waals surface area contributed by atoms with Crippen LogP contribution in [0, 0.1) is 13.8 Å². The molecule has 1 aliphatic rings. The number of pyridine rings is 1. The van der Waals surface area contributed by atoms with E-state index < -0.39 is 0 Å². The van der Waals surface area contributed by atoms with Crippen LogP contribution < -0.4 is 4.90 Å². The summed E-state index contributed by atoms with van der Waals surface area (Å²) in [6.45, 7) is 10.9. The Kier molecular flexibility index (Phi) is 4.31. The van der Waals surface area contributed by atoms with Gasteiger partial charge in [0.05, 0.1) is 12.2 Å². The van der Waals surface area contributed by atoms with Crippen molar-refractivity contribution in [1.29, 1.82) is 0 Å². The summed E-state index contributed by atoms with van der Waals surface area (Å²) in [7, 11) is 0. The third-order valence-corrected chi connectivity index (χ3v) is 4.69. The molecule has 2 aromatic rings. The molecule has 2 aromatic heterocycles. The van der Waals surface area contributed by atoms with Crippen LogP contribution in [0.4, 0.5) is 5.82 Å². The highest BCUT2D eigenvalue weighted by atomic mass is 16.5. The Bertz CT molecular complexity index is 689. The van der Waals surface area contributed by atoms with E-state index in [1.165, 1.54) is 0 Å². The molecule has 1 atom stereocenters. The van der Waals surface area contributed by atoms with E-state index in [0.29, 0.717) is 0 Å². The number of aryl methyl sites for hydroxylation is 1. The van der Waals surface area contributed by atoms with E-state index in [4.69, 9.17) is 9.72 Å². The maximum absolute atomic E-state index is 5.96. The number of rotatable bonds is 3. The minimum absolute atomic E-state index is 0.111. The molecule has 0 amide bonds. The minimum atomic E-state index is -0.111. The van der Waals surface area contributed by atoms with Gasteiger partial charge < -0.3 is 9.64 Å². The molecule has 122 valence electrons. The SMILES string of the molecule is CCC1(C)CN(c2nc(-c3ccncc3)nc(C)c2C)CCO1. The van der Waals surface area contributed by atoms with Gasteiger partial charge in [-0.25, -0.2) is 9.97 Å². The summed E-state index contributed by atoms with van der Waals surface area (Å²) in [5.41, 5.74) is 3.05. The minimum Gasteiger partial charge on any atom is -0.372 e. The summed E-state index contributed by atoms with van der Waals surface area (Å²) in [4.78, 5) is 15.9. The molecule has 1 unspecified atom stereocenters. The van der Waals surface area contributed by atoms with Crippen molar-refractivity contribution in [3.63, 3.8) is 0 Å². The van der Waals surface area contributed by atoms with E-state index in [-0.39, 0.29) is 5.60 Å². The fraction of sp³-hybridized carbons (Fsp3) is 0.500. The Morgan fingerprint density at radius 1 is 1.22 bits per heavy atom. The summed E-state index contributed by atoms with van der Waals surface area (Å²) in [5.74, 6) is 1.78. The predicted molar refractivity (Wildman–Crippen MR) is 91.6 cm³/mol. The summed E-state index contributed by atoms with van der Waals surface area (Å²) >= 11 is 0. The first-order valence-corrected chi connectivity index (χ1v) is 8.17. The maximum atomic E-state index is 5.96. The van der Waals surface area contributed by atoms with Gasteiger partial charge in [0, 0.05) is 42.3 Å².